The molecule has 2 N–H and O–H groups in total. The molecule has 36 heavy (non-hydrogen) atoms. The van der Waals surface area contributed by atoms with Crippen LogP contribution in [0.3, 0.4) is 0 Å². The van der Waals surface area contributed by atoms with E-state index in [0.29, 0.717) is 5.92 Å². The Balaban J connectivity index is 1.33. The molecule has 0 amide bonds. The number of nitrogens with zero attached hydrogens (tertiary/aromatic N) is 1. The monoisotopic (exact) mass is 499 g/mol. The molecule has 0 radical (unpaired) electrons. The molecule has 1 saturated heterocycles. The Morgan fingerprint density at radius 1 is 0.944 bits per heavy atom. The van der Waals surface area contributed by atoms with Crippen LogP contribution in [0.4, 0.5) is 5.69 Å². The number of hydrogen-bond donors (Lipinski definition) is 2. The van der Waals surface area contributed by atoms with Crippen molar-refractivity contribution in [3.63, 3.8) is 0 Å². The predicted octanol–water partition coefficient (Wildman–Crippen LogP) is 7.10. The van der Waals surface area contributed by atoms with E-state index in [2.05, 4.69) is 114 Å². The second kappa shape index (κ2) is 13.0. The number of thioether (sulfide) groups is 1. The summed E-state index contributed by atoms with van der Waals surface area (Å²) in [6, 6.07) is 30.6. The van der Waals surface area contributed by atoms with Gasteiger partial charge in [-0.2, -0.15) is 0 Å². The van der Waals surface area contributed by atoms with E-state index in [0.717, 1.165) is 31.0 Å². The zero-order chi connectivity index (χ0) is 25.2. The Morgan fingerprint density at radius 3 is 2.17 bits per heavy atom. The molecule has 0 saturated carbocycles. The van der Waals surface area contributed by atoms with Gasteiger partial charge in [0.25, 0.3) is 0 Å². The molecule has 1 heterocycles. The molecule has 0 spiro atoms. The lowest BCUT2D eigenvalue weighted by Gasteiger charge is -2.37. The largest absolute Gasteiger partial charge is 0.388 e. The summed E-state index contributed by atoms with van der Waals surface area (Å²) >= 11 is 1.95. The number of piperidine rings is 1. The second-order valence-electron chi connectivity index (χ2n) is 9.60. The van der Waals surface area contributed by atoms with Crippen molar-refractivity contribution in [3.8, 4) is 0 Å². The van der Waals surface area contributed by atoms with E-state index < -0.39 is 0 Å². The lowest BCUT2D eigenvalue weighted by molar-refractivity contribution is 0.210. The van der Waals surface area contributed by atoms with Crippen LogP contribution in [0.15, 0.2) is 97.2 Å². The number of likely N-dealkylation sites (tertiary alicyclic amines) is 1. The molecule has 0 aliphatic carbocycles. The zero-order valence-electron chi connectivity index (χ0n) is 21.9. The summed E-state index contributed by atoms with van der Waals surface area (Å²) in [4.78, 5) is 2.63. The van der Waals surface area contributed by atoms with Gasteiger partial charge in [0.05, 0.1) is 0 Å². The fourth-order valence-corrected chi connectivity index (χ4v) is 6.72. The van der Waals surface area contributed by atoms with Crippen molar-refractivity contribution in [2.45, 2.75) is 36.9 Å². The van der Waals surface area contributed by atoms with Gasteiger partial charge >= 0.3 is 0 Å². The van der Waals surface area contributed by atoms with Crippen molar-refractivity contribution >= 4 is 17.4 Å². The van der Waals surface area contributed by atoms with E-state index in [1.54, 1.807) is 0 Å². The van der Waals surface area contributed by atoms with Crippen LogP contribution in [-0.2, 0) is 4.75 Å². The van der Waals surface area contributed by atoms with Gasteiger partial charge in [-0.15, -0.1) is 11.8 Å². The van der Waals surface area contributed by atoms with Crippen molar-refractivity contribution in [2.75, 3.05) is 44.3 Å². The highest BCUT2D eigenvalue weighted by Crippen LogP contribution is 2.47. The summed E-state index contributed by atoms with van der Waals surface area (Å²) in [6.07, 6.45) is 3.60. The van der Waals surface area contributed by atoms with E-state index in [9.17, 15) is 0 Å². The number of hydrogen-bond acceptors (Lipinski definition) is 4. The fourth-order valence-electron chi connectivity index (χ4n) is 5.44. The van der Waals surface area contributed by atoms with E-state index in [1.165, 1.54) is 48.3 Å². The highest BCUT2D eigenvalue weighted by atomic mass is 32.2. The van der Waals surface area contributed by atoms with Gasteiger partial charge in [0.15, 0.2) is 0 Å². The quantitative estimate of drug-likeness (QED) is 0.260. The molecule has 0 atom stereocenters. The summed E-state index contributed by atoms with van der Waals surface area (Å²) in [5, 5.41) is 7.02. The average Bonchev–Trinajstić information content (AvgIpc) is 2.95. The first-order valence-electron chi connectivity index (χ1n) is 13.4. The first-order valence-corrected chi connectivity index (χ1v) is 14.3. The summed E-state index contributed by atoms with van der Waals surface area (Å²) in [5.74, 6) is 1.69. The standard InChI is InChI=1S/C32H41N3S/c1-4-36-32(29-14-7-5-8-15-29,30-16-9-6-10-17-30)26(2)34-21-12-22-35-23-19-27(20-24-35)28-13-11-18-31(25-28)33-3/h5-11,13-18,25,27,33-34H,2,4,12,19-24H2,1,3H3. The van der Waals surface area contributed by atoms with Crippen LogP contribution in [-0.4, -0.2) is 43.9 Å². The molecule has 1 aliphatic rings. The molecule has 190 valence electrons. The number of benzene rings is 3. The molecular formula is C32H41N3S. The van der Waals surface area contributed by atoms with Gasteiger partial charge < -0.3 is 15.5 Å². The minimum Gasteiger partial charge on any atom is -0.388 e. The second-order valence-corrected chi connectivity index (χ2v) is 11.1. The van der Waals surface area contributed by atoms with Gasteiger partial charge in [-0.05, 0) is 79.4 Å². The third-order valence-electron chi connectivity index (χ3n) is 7.37. The SMILES string of the molecule is C=C(NCCCN1CCC(c2cccc(NC)c2)CC1)C(SCC)(c1ccccc1)c1ccccc1. The minimum atomic E-state index is -0.294. The lowest BCUT2D eigenvalue weighted by Crippen LogP contribution is -2.37. The van der Waals surface area contributed by atoms with Crippen molar-refractivity contribution in [3.05, 3.63) is 114 Å². The van der Waals surface area contributed by atoms with Crippen molar-refractivity contribution < 1.29 is 0 Å². The Bertz CT molecular complexity index is 1040. The summed E-state index contributed by atoms with van der Waals surface area (Å²) in [7, 11) is 2.00. The van der Waals surface area contributed by atoms with Gasteiger partial charge in [-0.1, -0.05) is 86.3 Å². The van der Waals surface area contributed by atoms with Crippen molar-refractivity contribution in [1.29, 1.82) is 0 Å². The topological polar surface area (TPSA) is 27.3 Å². The van der Waals surface area contributed by atoms with Crippen LogP contribution < -0.4 is 10.6 Å². The summed E-state index contributed by atoms with van der Waals surface area (Å²) in [6.45, 7) is 11.3. The molecule has 1 aliphatic heterocycles. The third-order valence-corrected chi connectivity index (χ3v) is 8.81. The van der Waals surface area contributed by atoms with E-state index in [-0.39, 0.29) is 4.75 Å². The smallest absolute Gasteiger partial charge is 0.105 e. The van der Waals surface area contributed by atoms with Crippen LogP contribution in [0.25, 0.3) is 0 Å². The lowest BCUT2D eigenvalue weighted by atomic mass is 9.87. The minimum absolute atomic E-state index is 0.294. The molecule has 4 heteroatoms. The van der Waals surface area contributed by atoms with Crippen LogP contribution in [0.1, 0.15) is 48.8 Å². The highest BCUT2D eigenvalue weighted by Gasteiger charge is 2.37. The van der Waals surface area contributed by atoms with Gasteiger partial charge in [-0.25, -0.2) is 0 Å². The Kier molecular flexibility index (Phi) is 9.54. The van der Waals surface area contributed by atoms with Crippen LogP contribution in [0.2, 0.25) is 0 Å². The molecule has 0 aromatic heterocycles. The highest BCUT2D eigenvalue weighted by molar-refractivity contribution is 8.00. The third kappa shape index (κ3) is 6.16. The maximum atomic E-state index is 4.59. The predicted molar refractivity (Wildman–Crippen MR) is 158 cm³/mol. The molecular weight excluding hydrogens is 458 g/mol. The van der Waals surface area contributed by atoms with E-state index in [1.807, 2.05) is 18.8 Å². The van der Waals surface area contributed by atoms with E-state index in [4.69, 9.17) is 0 Å². The molecule has 3 aromatic carbocycles. The Morgan fingerprint density at radius 2 is 1.58 bits per heavy atom. The normalized spacial score (nSPS) is 14.9. The van der Waals surface area contributed by atoms with Crippen molar-refractivity contribution in [2.24, 2.45) is 0 Å². The van der Waals surface area contributed by atoms with E-state index >= 15 is 0 Å². The Hall–Kier alpha value is -2.69. The molecule has 4 rings (SSSR count). The maximum Gasteiger partial charge on any atom is 0.105 e. The fraction of sp³-hybridized carbons (Fsp3) is 0.375. The van der Waals surface area contributed by atoms with Crippen LogP contribution in [0, 0.1) is 0 Å². The van der Waals surface area contributed by atoms with Gasteiger partial charge in [0.1, 0.15) is 4.75 Å². The number of nitrogens with one attached hydrogen (secondary N) is 2. The van der Waals surface area contributed by atoms with Crippen molar-refractivity contribution in [1.82, 2.24) is 10.2 Å². The van der Waals surface area contributed by atoms with Gasteiger partial charge in [-0.3, -0.25) is 0 Å². The maximum absolute atomic E-state index is 4.59. The first kappa shape index (κ1) is 26.4. The number of anilines is 1. The van der Waals surface area contributed by atoms with Crippen LogP contribution in [0.5, 0.6) is 0 Å². The van der Waals surface area contributed by atoms with Crippen LogP contribution >= 0.6 is 11.8 Å². The average molecular weight is 500 g/mol. The summed E-state index contributed by atoms with van der Waals surface area (Å²) in [5.41, 5.74) is 6.33. The van der Waals surface area contributed by atoms with Gasteiger partial charge in [0.2, 0.25) is 0 Å². The summed E-state index contributed by atoms with van der Waals surface area (Å²) < 4.78 is -0.294. The molecule has 3 aromatic rings. The Labute approximate surface area is 222 Å². The zero-order valence-corrected chi connectivity index (χ0v) is 22.7. The first-order chi connectivity index (χ1) is 17.7. The molecule has 0 unspecified atom stereocenters. The van der Waals surface area contributed by atoms with Gasteiger partial charge in [0, 0.05) is 25.0 Å². The number of rotatable bonds is 12. The molecule has 0 bridgehead atoms. The molecule has 1 fully saturated rings. The molecule has 3 nitrogen and oxygen atoms in total.